The summed E-state index contributed by atoms with van der Waals surface area (Å²) in [6, 6.07) is -2.24. The number of carbonyl (C=O) groups excluding carboxylic acids is 5. The van der Waals surface area contributed by atoms with E-state index in [2.05, 4.69) is 29.8 Å². The van der Waals surface area contributed by atoms with Crippen LogP contribution in [0, 0.1) is 40.4 Å². The molecule has 8 unspecified atom stereocenters. The molecule has 3 N–H and O–H groups in total. The molecule has 0 aromatic carbocycles. The topological polar surface area (TPSA) is 125 Å². The van der Waals surface area contributed by atoms with Gasteiger partial charge in [-0.2, -0.15) is 0 Å². The van der Waals surface area contributed by atoms with Crippen LogP contribution in [0.2, 0.25) is 0 Å². The van der Waals surface area contributed by atoms with Crippen LogP contribution in [0.1, 0.15) is 60.8 Å². The summed E-state index contributed by atoms with van der Waals surface area (Å²) in [4.78, 5) is 65.4. The number of nitrogens with zero attached hydrogens (tertiary/aromatic N) is 1. The Bertz CT molecular complexity index is 925. The number of nitrogens with one attached hydrogen (secondary N) is 3. The predicted molar refractivity (Wildman–Crippen MR) is 129 cm³/mol. The normalized spacial score (nSPS) is 34.3. The van der Waals surface area contributed by atoms with E-state index in [1.165, 1.54) is 0 Å². The average Bonchev–Trinajstić information content (AvgIpc) is 3.42. The van der Waals surface area contributed by atoms with Gasteiger partial charge in [-0.05, 0) is 47.8 Å². The SMILES string of the molecule is CC1CC1C(=O)NC(C(=O)N1CC2C(C1C(=O)NC(C=O)CC1CCNC1=O)C2(C)C)C(C)(C)C. The first-order chi connectivity index (χ1) is 16.3. The Kier molecular flexibility index (Phi) is 6.51. The fourth-order valence-corrected chi connectivity index (χ4v) is 6.16. The smallest absolute Gasteiger partial charge is 0.246 e. The lowest BCUT2D eigenvalue weighted by Crippen LogP contribution is -2.60. The number of hydrogen-bond acceptors (Lipinski definition) is 5. The molecule has 35 heavy (non-hydrogen) atoms. The second kappa shape index (κ2) is 8.89. The van der Waals surface area contributed by atoms with Crippen molar-refractivity contribution in [2.75, 3.05) is 13.1 Å². The Morgan fingerprint density at radius 3 is 2.37 bits per heavy atom. The number of carbonyl (C=O) groups is 5. The van der Waals surface area contributed by atoms with Gasteiger partial charge in [-0.3, -0.25) is 19.2 Å². The molecule has 2 saturated heterocycles. The van der Waals surface area contributed by atoms with Gasteiger partial charge in [0.25, 0.3) is 0 Å². The lowest BCUT2D eigenvalue weighted by Gasteiger charge is -2.38. The molecule has 0 radical (unpaired) electrons. The Labute approximate surface area is 207 Å². The van der Waals surface area contributed by atoms with Gasteiger partial charge in [-0.1, -0.05) is 41.5 Å². The lowest BCUT2D eigenvalue weighted by atomic mass is 9.85. The van der Waals surface area contributed by atoms with Crippen molar-refractivity contribution in [1.82, 2.24) is 20.9 Å². The van der Waals surface area contributed by atoms with Crippen LogP contribution in [0.5, 0.6) is 0 Å². The molecule has 4 rings (SSSR count). The van der Waals surface area contributed by atoms with Gasteiger partial charge in [-0.15, -0.1) is 0 Å². The zero-order chi connectivity index (χ0) is 25.9. The third-order valence-corrected chi connectivity index (χ3v) is 8.80. The van der Waals surface area contributed by atoms with E-state index in [1.54, 1.807) is 4.90 Å². The number of rotatable bonds is 8. The van der Waals surface area contributed by atoms with E-state index in [4.69, 9.17) is 0 Å². The minimum absolute atomic E-state index is 0.00620. The molecule has 4 amide bonds. The molecule has 194 valence electrons. The molecule has 0 bridgehead atoms. The lowest BCUT2D eigenvalue weighted by molar-refractivity contribution is -0.146. The van der Waals surface area contributed by atoms with E-state index >= 15 is 0 Å². The Hall–Kier alpha value is -2.45. The summed E-state index contributed by atoms with van der Waals surface area (Å²) in [7, 11) is 0. The van der Waals surface area contributed by atoms with E-state index < -0.39 is 23.5 Å². The van der Waals surface area contributed by atoms with Crippen LogP contribution in [0.3, 0.4) is 0 Å². The number of amides is 4. The molecule has 2 aliphatic heterocycles. The second-order valence-electron chi connectivity index (χ2n) is 12.8. The minimum Gasteiger partial charge on any atom is -0.356 e. The maximum Gasteiger partial charge on any atom is 0.246 e. The van der Waals surface area contributed by atoms with Gasteiger partial charge in [-0.25, -0.2) is 0 Å². The summed E-state index contributed by atoms with van der Waals surface area (Å²) in [5.41, 5.74) is -0.611. The maximum absolute atomic E-state index is 13.8. The highest BCUT2D eigenvalue weighted by molar-refractivity contribution is 5.95. The van der Waals surface area contributed by atoms with E-state index in [-0.39, 0.29) is 59.1 Å². The first-order valence-electron chi connectivity index (χ1n) is 12.9. The van der Waals surface area contributed by atoms with Crippen LogP contribution in [-0.2, 0) is 24.0 Å². The summed E-state index contributed by atoms with van der Waals surface area (Å²) in [6.45, 7) is 13.0. The monoisotopic (exact) mass is 488 g/mol. The summed E-state index contributed by atoms with van der Waals surface area (Å²) in [6.07, 6.45) is 2.39. The van der Waals surface area contributed by atoms with E-state index in [1.807, 2.05) is 27.7 Å². The Morgan fingerprint density at radius 1 is 1.20 bits per heavy atom. The molecule has 2 heterocycles. The van der Waals surface area contributed by atoms with Crippen molar-refractivity contribution in [3.05, 3.63) is 0 Å². The molecule has 2 saturated carbocycles. The average molecular weight is 489 g/mol. The molecule has 9 heteroatoms. The zero-order valence-corrected chi connectivity index (χ0v) is 21.7. The Morgan fingerprint density at radius 2 is 1.86 bits per heavy atom. The molecule has 0 aromatic heterocycles. The molecule has 4 fully saturated rings. The van der Waals surface area contributed by atoms with Crippen molar-refractivity contribution in [2.45, 2.75) is 78.9 Å². The van der Waals surface area contributed by atoms with Crippen LogP contribution in [0.15, 0.2) is 0 Å². The predicted octanol–water partition coefficient (Wildman–Crippen LogP) is 0.866. The number of fused-ring (bicyclic) bond motifs is 1. The summed E-state index contributed by atoms with van der Waals surface area (Å²) < 4.78 is 0. The van der Waals surface area contributed by atoms with E-state index in [0.717, 1.165) is 6.42 Å². The molecule has 8 atom stereocenters. The quantitative estimate of drug-likeness (QED) is 0.437. The fraction of sp³-hybridized carbons (Fsp3) is 0.808. The molecular formula is C26H40N4O5. The van der Waals surface area contributed by atoms with E-state index in [9.17, 15) is 24.0 Å². The molecule has 4 aliphatic rings. The molecule has 9 nitrogen and oxygen atoms in total. The first-order valence-corrected chi connectivity index (χ1v) is 12.9. The van der Waals surface area contributed by atoms with Crippen LogP contribution < -0.4 is 16.0 Å². The highest BCUT2D eigenvalue weighted by atomic mass is 16.2. The minimum atomic E-state index is -0.788. The van der Waals surface area contributed by atoms with Crippen LogP contribution >= 0.6 is 0 Å². The fourth-order valence-electron chi connectivity index (χ4n) is 6.16. The molecular weight excluding hydrogens is 448 g/mol. The van der Waals surface area contributed by atoms with Crippen LogP contribution in [-0.4, -0.2) is 66.0 Å². The van der Waals surface area contributed by atoms with Crippen molar-refractivity contribution in [3.63, 3.8) is 0 Å². The van der Waals surface area contributed by atoms with Crippen LogP contribution in [0.4, 0.5) is 0 Å². The van der Waals surface area contributed by atoms with E-state index in [0.29, 0.717) is 31.7 Å². The van der Waals surface area contributed by atoms with Crippen LogP contribution in [0.25, 0.3) is 0 Å². The molecule has 2 aliphatic carbocycles. The van der Waals surface area contributed by atoms with Gasteiger partial charge >= 0.3 is 0 Å². The molecule has 0 aromatic rings. The largest absolute Gasteiger partial charge is 0.356 e. The first kappa shape index (κ1) is 25.6. The summed E-state index contributed by atoms with van der Waals surface area (Å²) >= 11 is 0. The van der Waals surface area contributed by atoms with Gasteiger partial charge < -0.3 is 25.6 Å². The van der Waals surface area contributed by atoms with Crippen molar-refractivity contribution < 1.29 is 24.0 Å². The highest BCUT2D eigenvalue weighted by Crippen LogP contribution is 2.65. The third-order valence-electron chi connectivity index (χ3n) is 8.80. The van der Waals surface area contributed by atoms with Gasteiger partial charge in [0.05, 0.1) is 6.04 Å². The van der Waals surface area contributed by atoms with Gasteiger partial charge in [0.15, 0.2) is 0 Å². The number of hydrogen-bond donors (Lipinski definition) is 3. The number of likely N-dealkylation sites (tertiary alicyclic amines) is 1. The standard InChI is InChI=1S/C26H40N4O5/c1-13-9-16(13)22(33)29-20(25(2,3)4)24(35)30-11-17-18(26(17,5)6)19(30)23(34)28-15(12-31)10-14-7-8-27-21(14)32/h12-20H,7-11H2,1-6H3,(H,27,32)(H,28,34)(H,29,33). The maximum atomic E-state index is 13.8. The van der Waals surface area contributed by atoms with Crippen molar-refractivity contribution in [2.24, 2.45) is 40.4 Å². The van der Waals surface area contributed by atoms with Crippen molar-refractivity contribution in [3.8, 4) is 0 Å². The van der Waals surface area contributed by atoms with Gasteiger partial charge in [0.1, 0.15) is 18.4 Å². The van der Waals surface area contributed by atoms with Crippen molar-refractivity contribution >= 4 is 29.9 Å². The Balaban J connectivity index is 1.50. The molecule has 0 spiro atoms. The zero-order valence-electron chi connectivity index (χ0n) is 21.7. The highest BCUT2D eigenvalue weighted by Gasteiger charge is 2.69. The van der Waals surface area contributed by atoms with Gasteiger partial charge in [0.2, 0.25) is 23.6 Å². The number of aldehydes is 1. The third kappa shape index (κ3) is 4.83. The van der Waals surface area contributed by atoms with Gasteiger partial charge in [0, 0.05) is 24.9 Å². The summed E-state index contributed by atoms with van der Waals surface area (Å²) in [5, 5.41) is 8.55. The summed E-state index contributed by atoms with van der Waals surface area (Å²) in [5.74, 6) is -0.659. The number of piperidine rings is 1. The van der Waals surface area contributed by atoms with Crippen molar-refractivity contribution in [1.29, 1.82) is 0 Å². The second-order valence-corrected chi connectivity index (χ2v) is 12.8.